The van der Waals surface area contributed by atoms with E-state index in [1.165, 1.54) is 11.0 Å². The van der Waals surface area contributed by atoms with Gasteiger partial charge in [0.1, 0.15) is 11.9 Å². The third-order valence-electron chi connectivity index (χ3n) is 1.92. The van der Waals surface area contributed by atoms with Gasteiger partial charge in [-0.25, -0.2) is 14.5 Å². The van der Waals surface area contributed by atoms with Gasteiger partial charge in [-0.15, -0.1) is 0 Å². The predicted molar refractivity (Wildman–Crippen MR) is 48.2 cm³/mol. The van der Waals surface area contributed by atoms with E-state index in [1.54, 1.807) is 0 Å². The molecule has 2 rings (SSSR count). The quantitative estimate of drug-likeness (QED) is 0.795. The monoisotopic (exact) mass is 208 g/mol. The lowest BCUT2D eigenvalue weighted by Gasteiger charge is -1.98. The van der Waals surface area contributed by atoms with Gasteiger partial charge in [-0.3, -0.25) is 0 Å². The smallest absolute Gasteiger partial charge is 0.341 e. The molecule has 0 radical (unpaired) electrons. The van der Waals surface area contributed by atoms with Gasteiger partial charge >= 0.3 is 5.97 Å². The van der Waals surface area contributed by atoms with Crippen molar-refractivity contribution in [2.75, 3.05) is 0 Å². The minimum atomic E-state index is -1.10. The lowest BCUT2D eigenvalue weighted by atomic mass is 10.2. The van der Waals surface area contributed by atoms with E-state index in [0.717, 1.165) is 6.20 Å². The van der Waals surface area contributed by atoms with E-state index >= 15 is 0 Å². The highest BCUT2D eigenvalue weighted by atomic mass is 16.5. The summed E-state index contributed by atoms with van der Waals surface area (Å²) in [4.78, 5) is 14.7. The maximum Gasteiger partial charge on any atom is 0.341 e. The van der Waals surface area contributed by atoms with Gasteiger partial charge in [0.05, 0.1) is 6.20 Å². The van der Waals surface area contributed by atoms with E-state index in [2.05, 4.69) is 15.2 Å². The zero-order valence-corrected chi connectivity index (χ0v) is 7.91. The highest BCUT2D eigenvalue weighted by Gasteiger charge is 2.20. The molecule has 2 aromatic rings. The summed E-state index contributed by atoms with van der Waals surface area (Å²) in [5.41, 5.74) is -0.0160. The molecule has 7 heteroatoms. The molecule has 0 unspecified atom stereocenters. The Morgan fingerprint density at radius 1 is 1.67 bits per heavy atom. The van der Waals surface area contributed by atoms with Crippen LogP contribution in [0.2, 0.25) is 0 Å². The van der Waals surface area contributed by atoms with Gasteiger partial charge < -0.3 is 9.63 Å². The second-order valence-electron chi connectivity index (χ2n) is 2.77. The number of rotatable bonds is 3. The van der Waals surface area contributed by atoms with Gasteiger partial charge in [0.2, 0.25) is 5.76 Å². The summed E-state index contributed by atoms with van der Waals surface area (Å²) in [6, 6.07) is 0. The minimum Gasteiger partial charge on any atom is -0.477 e. The molecule has 2 heterocycles. The van der Waals surface area contributed by atoms with Crippen molar-refractivity contribution in [3.05, 3.63) is 18.1 Å². The Bertz CT molecular complexity index is 488. The molecule has 78 valence electrons. The standard InChI is InChI=1S/C8H8N4O3/c1-2-12-7(9-4-10-12)6-5(8(13)14)3-11-15-6/h3-4H,2H2,1H3,(H,13,14). The van der Waals surface area contributed by atoms with E-state index in [9.17, 15) is 4.79 Å². The van der Waals surface area contributed by atoms with Gasteiger partial charge in [-0.1, -0.05) is 5.16 Å². The Hall–Kier alpha value is -2.18. The van der Waals surface area contributed by atoms with Crippen LogP contribution in [0.5, 0.6) is 0 Å². The zero-order chi connectivity index (χ0) is 10.8. The average molecular weight is 208 g/mol. The van der Waals surface area contributed by atoms with E-state index in [0.29, 0.717) is 12.4 Å². The fraction of sp³-hybridized carbons (Fsp3) is 0.250. The molecule has 0 aliphatic carbocycles. The van der Waals surface area contributed by atoms with Crippen LogP contribution in [0.15, 0.2) is 17.0 Å². The molecule has 0 aliphatic rings. The molecular formula is C8H8N4O3. The molecule has 0 fully saturated rings. The van der Waals surface area contributed by atoms with Crippen LogP contribution < -0.4 is 0 Å². The fourth-order valence-electron chi connectivity index (χ4n) is 1.22. The highest BCUT2D eigenvalue weighted by Crippen LogP contribution is 2.20. The maximum atomic E-state index is 10.8. The molecule has 0 aromatic carbocycles. The van der Waals surface area contributed by atoms with Gasteiger partial charge in [0.15, 0.2) is 5.82 Å². The lowest BCUT2D eigenvalue weighted by molar-refractivity contribution is 0.0697. The second kappa shape index (κ2) is 3.52. The molecule has 0 aliphatic heterocycles. The summed E-state index contributed by atoms with van der Waals surface area (Å²) in [6.07, 6.45) is 2.49. The van der Waals surface area contributed by atoms with Crippen molar-refractivity contribution in [1.82, 2.24) is 19.9 Å². The molecule has 0 spiro atoms. The van der Waals surface area contributed by atoms with Crippen LogP contribution >= 0.6 is 0 Å². The summed E-state index contributed by atoms with van der Waals surface area (Å²) in [7, 11) is 0. The largest absolute Gasteiger partial charge is 0.477 e. The van der Waals surface area contributed by atoms with Gasteiger partial charge in [0, 0.05) is 6.54 Å². The van der Waals surface area contributed by atoms with Crippen LogP contribution in [-0.2, 0) is 6.54 Å². The summed E-state index contributed by atoms with van der Waals surface area (Å²) in [5, 5.41) is 16.2. The Kier molecular flexibility index (Phi) is 2.20. The molecule has 0 saturated carbocycles. The summed E-state index contributed by atoms with van der Waals surface area (Å²) < 4.78 is 6.39. The van der Waals surface area contributed by atoms with Crippen LogP contribution in [0.1, 0.15) is 17.3 Å². The Morgan fingerprint density at radius 3 is 3.13 bits per heavy atom. The average Bonchev–Trinajstić information content (AvgIpc) is 2.85. The summed E-state index contributed by atoms with van der Waals surface area (Å²) >= 11 is 0. The minimum absolute atomic E-state index is 0.0160. The third kappa shape index (κ3) is 1.47. The number of hydrogen-bond acceptors (Lipinski definition) is 5. The summed E-state index contributed by atoms with van der Waals surface area (Å²) in [5.74, 6) is -0.605. The van der Waals surface area contributed by atoms with Crippen molar-refractivity contribution in [2.45, 2.75) is 13.5 Å². The normalized spacial score (nSPS) is 10.5. The molecule has 0 amide bonds. The Morgan fingerprint density at radius 2 is 2.47 bits per heavy atom. The van der Waals surface area contributed by atoms with Gasteiger partial charge in [0.25, 0.3) is 0 Å². The Balaban J connectivity index is 2.54. The van der Waals surface area contributed by atoms with E-state index in [1.807, 2.05) is 6.92 Å². The molecule has 15 heavy (non-hydrogen) atoms. The van der Waals surface area contributed by atoms with Crippen molar-refractivity contribution >= 4 is 5.97 Å². The maximum absolute atomic E-state index is 10.8. The van der Waals surface area contributed by atoms with Gasteiger partial charge in [-0.2, -0.15) is 5.10 Å². The van der Waals surface area contributed by atoms with Crippen LogP contribution in [0.4, 0.5) is 0 Å². The van der Waals surface area contributed by atoms with Crippen LogP contribution in [0.25, 0.3) is 11.6 Å². The molecule has 7 nitrogen and oxygen atoms in total. The number of carbonyl (C=O) groups is 1. The fourth-order valence-corrected chi connectivity index (χ4v) is 1.22. The number of aromatic carboxylic acids is 1. The lowest BCUT2D eigenvalue weighted by Crippen LogP contribution is -2.02. The van der Waals surface area contributed by atoms with Crippen molar-refractivity contribution in [3.8, 4) is 11.6 Å². The molecule has 0 atom stereocenters. The first-order valence-electron chi connectivity index (χ1n) is 4.30. The highest BCUT2D eigenvalue weighted by molar-refractivity contribution is 5.92. The SMILES string of the molecule is CCn1ncnc1-c1oncc1C(=O)O. The molecule has 0 bridgehead atoms. The number of aromatic nitrogens is 4. The number of carboxylic acids is 1. The first-order valence-corrected chi connectivity index (χ1v) is 4.30. The number of carboxylic acid groups (broad SMARTS) is 1. The van der Waals surface area contributed by atoms with Crippen molar-refractivity contribution in [1.29, 1.82) is 0 Å². The van der Waals surface area contributed by atoms with E-state index < -0.39 is 5.97 Å². The topological polar surface area (TPSA) is 94.0 Å². The van der Waals surface area contributed by atoms with E-state index in [4.69, 9.17) is 9.63 Å². The predicted octanol–water partition coefficient (Wildman–Crippen LogP) is 0.651. The molecule has 1 N–H and O–H groups in total. The Labute approximate surface area is 84.3 Å². The van der Waals surface area contributed by atoms with Gasteiger partial charge in [-0.05, 0) is 6.92 Å². The third-order valence-corrected chi connectivity index (χ3v) is 1.92. The van der Waals surface area contributed by atoms with Crippen molar-refractivity contribution < 1.29 is 14.4 Å². The first kappa shape index (κ1) is 9.38. The molecular weight excluding hydrogens is 200 g/mol. The molecule has 0 saturated heterocycles. The first-order chi connectivity index (χ1) is 7.24. The van der Waals surface area contributed by atoms with Crippen molar-refractivity contribution in [2.24, 2.45) is 0 Å². The van der Waals surface area contributed by atoms with Crippen LogP contribution in [0, 0.1) is 0 Å². The van der Waals surface area contributed by atoms with Crippen LogP contribution in [0.3, 0.4) is 0 Å². The number of aryl methyl sites for hydroxylation is 1. The van der Waals surface area contributed by atoms with Crippen molar-refractivity contribution in [3.63, 3.8) is 0 Å². The van der Waals surface area contributed by atoms with E-state index in [-0.39, 0.29) is 11.3 Å². The van der Waals surface area contributed by atoms with Crippen LogP contribution in [-0.4, -0.2) is 31.0 Å². The number of nitrogens with zero attached hydrogens (tertiary/aromatic N) is 4. The zero-order valence-electron chi connectivity index (χ0n) is 7.91. The molecule has 2 aromatic heterocycles. The number of hydrogen-bond donors (Lipinski definition) is 1. The second-order valence-corrected chi connectivity index (χ2v) is 2.77. The summed E-state index contributed by atoms with van der Waals surface area (Å²) in [6.45, 7) is 2.45.